The van der Waals surface area contributed by atoms with E-state index in [2.05, 4.69) is 15.2 Å². The molecule has 1 fully saturated rings. The van der Waals surface area contributed by atoms with E-state index in [1.165, 1.54) is 0 Å². The van der Waals surface area contributed by atoms with E-state index >= 15 is 0 Å². The van der Waals surface area contributed by atoms with Gasteiger partial charge in [0, 0.05) is 30.5 Å². The zero-order valence-electron chi connectivity index (χ0n) is 13.4. The first-order valence-corrected chi connectivity index (χ1v) is 8.02. The molecule has 0 spiro atoms. The van der Waals surface area contributed by atoms with Crippen molar-refractivity contribution in [2.45, 2.75) is 19.4 Å². The summed E-state index contributed by atoms with van der Waals surface area (Å²) in [5.41, 5.74) is 8.79. The minimum Gasteiger partial charge on any atom is -0.368 e. The third-order valence-corrected chi connectivity index (χ3v) is 4.41. The molecule has 3 heterocycles. The fraction of sp³-hybridized carbons (Fsp3) is 0.353. The molecule has 0 unspecified atom stereocenters. The van der Waals surface area contributed by atoms with Gasteiger partial charge in [-0.3, -0.25) is 0 Å². The third-order valence-electron chi connectivity index (χ3n) is 4.41. The number of ether oxygens (including phenoxy) is 1. The lowest BCUT2D eigenvalue weighted by molar-refractivity contribution is 0.0642. The Morgan fingerprint density at radius 1 is 1.38 bits per heavy atom. The summed E-state index contributed by atoms with van der Waals surface area (Å²) in [6.07, 6.45) is 4.41. The van der Waals surface area contributed by atoms with Gasteiger partial charge in [0.05, 0.1) is 5.69 Å². The molecule has 0 radical (unpaired) electrons. The molecule has 1 aliphatic rings. The number of rotatable bonds is 4. The molecule has 0 bridgehead atoms. The summed E-state index contributed by atoms with van der Waals surface area (Å²) in [6.45, 7) is 3.27. The van der Waals surface area contributed by atoms with Gasteiger partial charge in [0.1, 0.15) is 6.10 Å². The van der Waals surface area contributed by atoms with Crippen LogP contribution in [0.4, 0.5) is 0 Å². The van der Waals surface area contributed by atoms with Crippen molar-refractivity contribution in [3.05, 3.63) is 48.1 Å². The quantitative estimate of drug-likeness (QED) is 0.791. The van der Waals surface area contributed by atoms with Crippen molar-refractivity contribution in [1.29, 1.82) is 0 Å². The first kappa shape index (κ1) is 15.0. The monoisotopic (exact) mass is 325 g/mol. The molecule has 1 aromatic carbocycles. The summed E-state index contributed by atoms with van der Waals surface area (Å²) in [4.78, 5) is 4.51. The van der Waals surface area contributed by atoms with E-state index in [4.69, 9.17) is 15.0 Å². The lowest BCUT2D eigenvalue weighted by atomic mass is 10.0. The molecule has 7 heteroatoms. The summed E-state index contributed by atoms with van der Waals surface area (Å²) >= 11 is 0. The molecule has 4 rings (SSSR count). The van der Waals surface area contributed by atoms with Crippen LogP contribution in [0.3, 0.4) is 0 Å². The summed E-state index contributed by atoms with van der Waals surface area (Å²) in [6, 6.07) is 7.90. The van der Waals surface area contributed by atoms with E-state index in [1.807, 2.05) is 42.1 Å². The van der Waals surface area contributed by atoms with Gasteiger partial charge in [0.25, 0.3) is 5.89 Å². The molecule has 7 nitrogen and oxygen atoms in total. The number of nitrogens with zero attached hydrogens (tertiary/aromatic N) is 4. The van der Waals surface area contributed by atoms with Crippen LogP contribution in [-0.2, 0) is 4.74 Å². The summed E-state index contributed by atoms with van der Waals surface area (Å²) < 4.78 is 12.9. The van der Waals surface area contributed by atoms with Gasteiger partial charge in [-0.25, -0.2) is 4.68 Å². The highest BCUT2D eigenvalue weighted by Crippen LogP contribution is 2.34. The van der Waals surface area contributed by atoms with Crippen LogP contribution >= 0.6 is 0 Å². The summed E-state index contributed by atoms with van der Waals surface area (Å²) in [7, 11) is 0. The minimum atomic E-state index is -0.194. The zero-order valence-corrected chi connectivity index (χ0v) is 13.4. The van der Waals surface area contributed by atoms with E-state index in [-0.39, 0.29) is 12.0 Å². The van der Waals surface area contributed by atoms with Crippen LogP contribution in [0, 0.1) is 12.8 Å². The smallest absolute Gasteiger partial charge is 0.256 e. The van der Waals surface area contributed by atoms with Crippen LogP contribution < -0.4 is 5.73 Å². The molecule has 0 saturated carbocycles. The second kappa shape index (κ2) is 6.18. The highest BCUT2D eigenvalue weighted by atomic mass is 16.5. The van der Waals surface area contributed by atoms with Gasteiger partial charge in [-0.2, -0.15) is 10.1 Å². The van der Waals surface area contributed by atoms with Gasteiger partial charge in [0.15, 0.2) is 0 Å². The second-order valence-corrected chi connectivity index (χ2v) is 5.98. The Kier molecular flexibility index (Phi) is 3.87. The number of aromatic nitrogens is 4. The summed E-state index contributed by atoms with van der Waals surface area (Å²) in [5.74, 6) is 1.31. The Bertz CT molecular complexity index is 827. The van der Waals surface area contributed by atoms with Crippen LogP contribution in [0.25, 0.3) is 17.1 Å². The maximum atomic E-state index is 5.78. The number of nitrogens with two attached hydrogens (primary N) is 1. The van der Waals surface area contributed by atoms with Gasteiger partial charge in [-0.05, 0) is 49.7 Å². The van der Waals surface area contributed by atoms with Gasteiger partial charge in [-0.15, -0.1) is 0 Å². The standard InChI is InChI=1S/C17H19N5O2/c1-11-9-12(3-4-14(11)22-7-2-6-19-22)16-20-17(24-21-16)15-13(10-18)5-8-23-15/h2-4,6-7,9,13,15H,5,8,10,18H2,1H3/t13-,15-/m0/s1. The minimum absolute atomic E-state index is 0.194. The molecule has 3 aromatic rings. The van der Waals surface area contributed by atoms with Gasteiger partial charge in [0.2, 0.25) is 5.82 Å². The normalized spacial score (nSPS) is 20.6. The van der Waals surface area contributed by atoms with E-state index in [0.717, 1.165) is 23.2 Å². The van der Waals surface area contributed by atoms with E-state index < -0.39 is 0 Å². The van der Waals surface area contributed by atoms with E-state index in [1.54, 1.807) is 6.20 Å². The molecule has 0 amide bonds. The Morgan fingerprint density at radius 3 is 3.04 bits per heavy atom. The number of aryl methyl sites for hydroxylation is 1. The van der Waals surface area contributed by atoms with E-state index in [9.17, 15) is 0 Å². The first-order chi connectivity index (χ1) is 11.8. The first-order valence-electron chi connectivity index (χ1n) is 8.02. The highest BCUT2D eigenvalue weighted by Gasteiger charge is 2.33. The van der Waals surface area contributed by atoms with E-state index in [0.29, 0.717) is 24.9 Å². The molecule has 24 heavy (non-hydrogen) atoms. The highest BCUT2D eigenvalue weighted by molar-refractivity contribution is 5.59. The number of hydrogen-bond donors (Lipinski definition) is 1. The SMILES string of the molecule is Cc1cc(-c2noc([C@H]3OCC[C@H]3CN)n2)ccc1-n1cccn1. The van der Waals surface area contributed by atoms with Crippen LogP contribution in [0.5, 0.6) is 0 Å². The van der Waals surface area contributed by atoms with Crippen molar-refractivity contribution in [2.24, 2.45) is 11.7 Å². The predicted molar refractivity (Wildman–Crippen MR) is 87.4 cm³/mol. The Hall–Kier alpha value is -2.51. The van der Waals surface area contributed by atoms with Gasteiger partial charge in [-0.1, -0.05) is 5.16 Å². The molecule has 2 atom stereocenters. The fourth-order valence-electron chi connectivity index (χ4n) is 3.08. The topological polar surface area (TPSA) is 92.0 Å². The summed E-state index contributed by atoms with van der Waals surface area (Å²) in [5, 5.41) is 8.37. The average molecular weight is 325 g/mol. The number of benzene rings is 1. The van der Waals surface area contributed by atoms with Crippen molar-refractivity contribution >= 4 is 0 Å². The molecule has 1 aliphatic heterocycles. The second-order valence-electron chi connectivity index (χ2n) is 5.98. The zero-order chi connectivity index (χ0) is 16.5. The molecule has 124 valence electrons. The molecule has 2 N–H and O–H groups in total. The maximum absolute atomic E-state index is 5.78. The lowest BCUT2D eigenvalue weighted by Gasteiger charge is -2.11. The Labute approximate surface area is 139 Å². The maximum Gasteiger partial charge on any atom is 0.256 e. The largest absolute Gasteiger partial charge is 0.368 e. The van der Waals surface area contributed by atoms with Crippen molar-refractivity contribution in [3.8, 4) is 17.1 Å². The van der Waals surface area contributed by atoms with Crippen molar-refractivity contribution in [3.63, 3.8) is 0 Å². The van der Waals surface area contributed by atoms with Gasteiger partial charge < -0.3 is 15.0 Å². The predicted octanol–water partition coefficient (Wildman–Crippen LogP) is 2.27. The van der Waals surface area contributed by atoms with Crippen molar-refractivity contribution in [2.75, 3.05) is 13.2 Å². The van der Waals surface area contributed by atoms with Crippen molar-refractivity contribution < 1.29 is 9.26 Å². The fourth-order valence-corrected chi connectivity index (χ4v) is 3.08. The lowest BCUT2D eigenvalue weighted by Crippen LogP contribution is -2.18. The third kappa shape index (κ3) is 2.61. The molecular weight excluding hydrogens is 306 g/mol. The number of hydrogen-bond acceptors (Lipinski definition) is 6. The van der Waals surface area contributed by atoms with Crippen LogP contribution in [0.2, 0.25) is 0 Å². The Morgan fingerprint density at radius 2 is 2.29 bits per heavy atom. The molecule has 0 aliphatic carbocycles. The molecular formula is C17H19N5O2. The Balaban J connectivity index is 1.62. The van der Waals surface area contributed by atoms with Crippen LogP contribution in [-0.4, -0.2) is 33.1 Å². The average Bonchev–Trinajstić information content (AvgIpc) is 3.34. The van der Waals surface area contributed by atoms with Crippen LogP contribution in [0.1, 0.15) is 24.0 Å². The molecule has 1 saturated heterocycles. The molecule has 2 aromatic heterocycles. The van der Waals surface area contributed by atoms with Crippen molar-refractivity contribution in [1.82, 2.24) is 19.9 Å². The van der Waals surface area contributed by atoms with Gasteiger partial charge >= 0.3 is 0 Å². The van der Waals surface area contributed by atoms with Crippen LogP contribution in [0.15, 0.2) is 41.2 Å².